The van der Waals surface area contributed by atoms with Crippen LogP contribution in [-0.4, -0.2) is 77.6 Å². The molecule has 4 aromatic rings. The molecule has 2 aliphatic carbocycles. The molecule has 1 saturated carbocycles. The number of aliphatic hydroxyl groups excluding tert-OH is 2. The van der Waals surface area contributed by atoms with E-state index in [9.17, 15) is 20.3 Å². The standard InChI is InChI=1S/C51H58N4O8/c1-4-28-60-51-46(55(49(58)36-22-20-34(32-52)21-23-36)33-38-17-13-16-35-14-7-8-18-40(35)38)31-44(54-61-6-3)42-29-37(15-9-11-26-56)41(19-10-12-27-57)47(48(42)51)43-30-39(24-25-45(43)63-51)62-50(59)53-5-2/h4,7-8,13-14,16-18,20-25,29-30,37,41,46-48,56-57H,1,5-6,9-12,15,19,26-28,31,33H2,2-3H3,(H,53,59)/t37-,41+,46-,47+,48+,51+/m0/s1. The Balaban J connectivity index is 1.50. The number of nitrogens with zero attached hydrogens (tertiary/aromatic N) is 3. The Morgan fingerprint density at radius 3 is 2.49 bits per heavy atom. The third-order valence-corrected chi connectivity index (χ3v) is 12.6. The van der Waals surface area contributed by atoms with Crippen LogP contribution in [0.3, 0.4) is 0 Å². The predicted molar refractivity (Wildman–Crippen MR) is 241 cm³/mol. The van der Waals surface area contributed by atoms with Gasteiger partial charge in [0.2, 0.25) is 5.79 Å². The highest BCUT2D eigenvalue weighted by molar-refractivity contribution is 6.03. The Hall–Kier alpha value is -6.00. The minimum Gasteiger partial charge on any atom is -0.459 e. The van der Waals surface area contributed by atoms with Gasteiger partial charge < -0.3 is 39.5 Å². The fourth-order valence-corrected chi connectivity index (χ4v) is 9.93. The van der Waals surface area contributed by atoms with Crippen LogP contribution in [-0.2, 0) is 16.1 Å². The molecule has 3 N–H and O–H groups in total. The summed E-state index contributed by atoms with van der Waals surface area (Å²) in [6.07, 6.45) is 7.98. The van der Waals surface area contributed by atoms with Gasteiger partial charge in [0.1, 0.15) is 24.1 Å². The highest BCUT2D eigenvalue weighted by Crippen LogP contribution is 2.62. The zero-order valence-electron chi connectivity index (χ0n) is 36.2. The number of amides is 2. The number of rotatable bonds is 19. The summed E-state index contributed by atoms with van der Waals surface area (Å²) in [7, 11) is 0. The third kappa shape index (κ3) is 9.52. The van der Waals surface area contributed by atoms with Gasteiger partial charge in [-0.1, -0.05) is 72.6 Å². The topological polar surface area (TPSA) is 163 Å². The van der Waals surface area contributed by atoms with E-state index in [4.69, 9.17) is 24.2 Å². The van der Waals surface area contributed by atoms with Crippen molar-refractivity contribution >= 4 is 28.5 Å². The molecule has 1 aliphatic heterocycles. The van der Waals surface area contributed by atoms with Crippen LogP contribution in [0, 0.1) is 29.1 Å². The summed E-state index contributed by atoms with van der Waals surface area (Å²) in [5, 5.41) is 39.1. The molecule has 0 saturated heterocycles. The summed E-state index contributed by atoms with van der Waals surface area (Å²) in [6.45, 7) is 8.90. The van der Waals surface area contributed by atoms with E-state index in [1.165, 1.54) is 0 Å². The van der Waals surface area contributed by atoms with Crippen molar-refractivity contribution in [3.8, 4) is 17.6 Å². The molecule has 4 aromatic carbocycles. The van der Waals surface area contributed by atoms with E-state index in [0.717, 1.165) is 53.2 Å². The van der Waals surface area contributed by atoms with Crippen LogP contribution >= 0.6 is 0 Å². The largest absolute Gasteiger partial charge is 0.459 e. The van der Waals surface area contributed by atoms with Crippen LogP contribution in [0.5, 0.6) is 11.5 Å². The predicted octanol–water partition coefficient (Wildman–Crippen LogP) is 8.82. The molecule has 6 atom stereocenters. The van der Waals surface area contributed by atoms with Gasteiger partial charge in [-0.05, 0) is 116 Å². The summed E-state index contributed by atoms with van der Waals surface area (Å²) < 4.78 is 20.4. The lowest BCUT2D eigenvalue weighted by Gasteiger charge is -2.60. The van der Waals surface area contributed by atoms with Gasteiger partial charge in [-0.25, -0.2) is 4.79 Å². The summed E-state index contributed by atoms with van der Waals surface area (Å²) >= 11 is 0. The zero-order chi connectivity index (χ0) is 44.3. The first-order valence-corrected chi connectivity index (χ1v) is 22.2. The molecule has 0 bridgehead atoms. The van der Waals surface area contributed by atoms with Crippen molar-refractivity contribution in [1.82, 2.24) is 10.2 Å². The maximum atomic E-state index is 15.5. The summed E-state index contributed by atoms with van der Waals surface area (Å²) in [5.41, 5.74) is 4.16. The molecule has 0 aromatic heterocycles. The van der Waals surface area contributed by atoms with E-state index in [0.29, 0.717) is 54.3 Å². The SMILES string of the molecule is C=CCO[C@@]12Oc3ccc(OC(=O)NCC)cc3[C@H]3[C@H](CCCCO)[C@@H](CCCCO)C=C(C(=NOCC)C[C@@H]1N(Cc1cccc4ccccc14)C(=O)c1ccc(C#N)cc1)[C@H]32. The minimum atomic E-state index is -1.51. The van der Waals surface area contributed by atoms with Gasteiger partial charge in [0, 0.05) is 49.8 Å². The second kappa shape index (κ2) is 20.9. The van der Waals surface area contributed by atoms with Crippen LogP contribution in [0.4, 0.5) is 4.79 Å². The number of unbranched alkanes of at least 4 members (excludes halogenated alkanes) is 2. The fraction of sp³-hybridized carbons (Fsp3) is 0.412. The first-order chi connectivity index (χ1) is 30.8. The van der Waals surface area contributed by atoms with Crippen LogP contribution in [0.15, 0.2) is 114 Å². The van der Waals surface area contributed by atoms with Gasteiger partial charge in [0.25, 0.3) is 5.91 Å². The van der Waals surface area contributed by atoms with Crippen LogP contribution in [0.25, 0.3) is 10.8 Å². The maximum Gasteiger partial charge on any atom is 0.412 e. The normalized spacial score (nSPS) is 22.7. The number of carbonyl (C=O) groups excluding carboxylic acids is 2. The minimum absolute atomic E-state index is 0.0223. The maximum absolute atomic E-state index is 15.5. The molecule has 2 amide bonds. The molecule has 0 radical (unpaired) electrons. The second-order valence-electron chi connectivity index (χ2n) is 16.4. The zero-order valence-corrected chi connectivity index (χ0v) is 36.2. The summed E-state index contributed by atoms with van der Waals surface area (Å²) in [4.78, 5) is 36.0. The highest BCUT2D eigenvalue weighted by Gasteiger charge is 2.65. The summed E-state index contributed by atoms with van der Waals surface area (Å²) in [6, 6.07) is 27.6. The average Bonchev–Trinajstić information content (AvgIpc) is 3.30. The fourth-order valence-electron chi connectivity index (χ4n) is 9.93. The first kappa shape index (κ1) is 45.0. The van der Waals surface area contributed by atoms with Crippen LogP contribution in [0.1, 0.15) is 91.8 Å². The molecule has 0 spiro atoms. The Kier molecular flexibility index (Phi) is 15.0. The molecule has 63 heavy (non-hydrogen) atoms. The van der Waals surface area contributed by atoms with Crippen molar-refractivity contribution in [2.24, 2.45) is 22.9 Å². The Bertz CT molecular complexity index is 2350. The van der Waals surface area contributed by atoms with Crippen molar-refractivity contribution < 1.29 is 38.9 Å². The lowest BCUT2D eigenvalue weighted by Crippen LogP contribution is -2.70. The molecular weight excluding hydrogens is 797 g/mol. The molecule has 1 heterocycles. The quantitative estimate of drug-likeness (QED) is 0.0475. The number of ether oxygens (including phenoxy) is 3. The smallest absolute Gasteiger partial charge is 0.412 e. The summed E-state index contributed by atoms with van der Waals surface area (Å²) in [5.74, 6) is -1.76. The first-order valence-electron chi connectivity index (χ1n) is 22.2. The number of benzene rings is 4. The number of nitriles is 1. The van der Waals surface area contributed by atoms with Gasteiger partial charge in [-0.2, -0.15) is 5.26 Å². The number of nitrogens with one attached hydrogen (secondary N) is 1. The van der Waals surface area contributed by atoms with Crippen molar-refractivity contribution in [3.05, 3.63) is 131 Å². The van der Waals surface area contributed by atoms with E-state index in [1.54, 1.807) is 36.4 Å². The molecular formula is C51H58N4O8. The van der Waals surface area contributed by atoms with E-state index in [-0.39, 0.29) is 56.4 Å². The number of oxime groups is 1. The third-order valence-electron chi connectivity index (χ3n) is 12.6. The molecule has 12 heteroatoms. The van der Waals surface area contributed by atoms with E-state index in [1.807, 2.05) is 55.1 Å². The van der Waals surface area contributed by atoms with E-state index in [2.05, 4.69) is 42.2 Å². The van der Waals surface area contributed by atoms with E-state index >= 15 is 4.79 Å². The van der Waals surface area contributed by atoms with Gasteiger partial charge in [0.15, 0.2) is 0 Å². The lowest BCUT2D eigenvalue weighted by molar-refractivity contribution is -0.255. The Morgan fingerprint density at radius 2 is 1.76 bits per heavy atom. The number of hydrogen-bond donors (Lipinski definition) is 3. The average molecular weight is 855 g/mol. The van der Waals surface area contributed by atoms with Gasteiger partial charge in [-0.3, -0.25) is 4.79 Å². The van der Waals surface area contributed by atoms with Crippen molar-refractivity contribution in [2.45, 2.75) is 83.1 Å². The Labute approximate surface area is 369 Å². The number of aliphatic hydroxyl groups is 2. The Morgan fingerprint density at radius 1 is 1.00 bits per heavy atom. The van der Waals surface area contributed by atoms with Crippen LogP contribution in [0.2, 0.25) is 0 Å². The second-order valence-corrected chi connectivity index (χ2v) is 16.4. The monoisotopic (exact) mass is 854 g/mol. The number of fused-ring (bicyclic) bond motifs is 3. The number of allylic oxidation sites excluding steroid dienone is 1. The number of carbonyl (C=O) groups is 2. The molecule has 7 rings (SSSR count). The lowest BCUT2D eigenvalue weighted by atomic mass is 9.55. The molecule has 0 unspecified atom stereocenters. The highest BCUT2D eigenvalue weighted by atomic mass is 16.7. The van der Waals surface area contributed by atoms with Gasteiger partial charge in [0.05, 0.1) is 29.9 Å². The van der Waals surface area contributed by atoms with Crippen molar-refractivity contribution in [3.63, 3.8) is 0 Å². The van der Waals surface area contributed by atoms with Gasteiger partial charge in [-0.15, -0.1) is 6.58 Å². The molecule has 12 nitrogen and oxygen atoms in total. The van der Waals surface area contributed by atoms with Crippen LogP contribution < -0.4 is 14.8 Å². The number of hydrogen-bond acceptors (Lipinski definition) is 10. The van der Waals surface area contributed by atoms with Crippen molar-refractivity contribution in [1.29, 1.82) is 5.26 Å². The molecule has 1 fully saturated rings. The van der Waals surface area contributed by atoms with E-state index < -0.39 is 23.8 Å². The van der Waals surface area contributed by atoms with Gasteiger partial charge >= 0.3 is 6.09 Å². The van der Waals surface area contributed by atoms with Crippen molar-refractivity contribution in [2.75, 3.05) is 33.0 Å². The molecule has 330 valence electrons. The molecule has 3 aliphatic rings.